The largest absolute Gasteiger partial charge is 0.342 e. The molecule has 3 rings (SSSR count). The number of carbonyl (C=O) groups excluding carboxylic acids is 2. The molecular formula is C22H32N2O2. The first-order valence-corrected chi connectivity index (χ1v) is 10.3. The summed E-state index contributed by atoms with van der Waals surface area (Å²) in [4.78, 5) is 29.7. The number of likely N-dealkylation sites (tertiary alicyclic amines) is 1. The van der Waals surface area contributed by atoms with Crippen LogP contribution in [0, 0.1) is 18.8 Å². The second-order valence-electron chi connectivity index (χ2n) is 7.86. The Morgan fingerprint density at radius 1 is 1.04 bits per heavy atom. The van der Waals surface area contributed by atoms with Crippen LogP contribution in [0.4, 0.5) is 5.69 Å². The number of benzene rings is 1. The smallest absolute Gasteiger partial charge is 0.230 e. The van der Waals surface area contributed by atoms with E-state index in [1.807, 2.05) is 28.9 Å². The molecule has 4 heteroatoms. The molecule has 26 heavy (non-hydrogen) atoms. The van der Waals surface area contributed by atoms with Crippen LogP contribution >= 0.6 is 0 Å². The monoisotopic (exact) mass is 356 g/mol. The molecule has 0 bridgehead atoms. The Bertz CT molecular complexity index is 629. The van der Waals surface area contributed by atoms with E-state index in [1.54, 1.807) is 0 Å². The number of aryl methyl sites for hydroxylation is 1. The average Bonchev–Trinajstić information content (AvgIpc) is 2.69. The van der Waals surface area contributed by atoms with Crippen molar-refractivity contribution in [2.45, 2.75) is 58.8 Å². The Morgan fingerprint density at radius 3 is 2.35 bits per heavy atom. The van der Waals surface area contributed by atoms with Crippen LogP contribution in [0.5, 0.6) is 0 Å². The van der Waals surface area contributed by atoms with Gasteiger partial charge in [-0.05, 0) is 57.2 Å². The Hall–Kier alpha value is -1.84. The SMILES string of the molecule is CCN(C(=O)C1CCN(C(=O)C2CCCCC2)CC1)c1cccc(C)c1. The van der Waals surface area contributed by atoms with Crippen molar-refractivity contribution in [3.8, 4) is 0 Å². The predicted octanol–water partition coefficient (Wildman–Crippen LogP) is 4.17. The first-order chi connectivity index (χ1) is 12.6. The molecule has 1 aromatic carbocycles. The number of anilines is 1. The number of nitrogens with zero attached hydrogens (tertiary/aromatic N) is 2. The Labute approximate surface area is 157 Å². The lowest BCUT2D eigenvalue weighted by Gasteiger charge is -2.36. The molecular weight excluding hydrogens is 324 g/mol. The van der Waals surface area contributed by atoms with Gasteiger partial charge in [-0.25, -0.2) is 0 Å². The highest BCUT2D eigenvalue weighted by molar-refractivity contribution is 5.95. The topological polar surface area (TPSA) is 40.6 Å². The molecule has 1 aromatic rings. The standard InChI is InChI=1S/C22H32N2O2/c1-3-24(20-11-7-8-17(2)16-20)22(26)19-12-14-23(15-13-19)21(25)18-9-5-4-6-10-18/h7-8,11,16,18-19H,3-6,9-10,12-15H2,1-2H3. The molecule has 0 spiro atoms. The van der Waals surface area contributed by atoms with Crippen LogP contribution in [0.3, 0.4) is 0 Å². The highest BCUT2D eigenvalue weighted by Gasteiger charge is 2.33. The Balaban J connectivity index is 1.58. The minimum Gasteiger partial charge on any atom is -0.342 e. The molecule has 1 saturated heterocycles. The number of carbonyl (C=O) groups is 2. The Kier molecular flexibility index (Phi) is 6.33. The molecule has 1 aliphatic heterocycles. The van der Waals surface area contributed by atoms with Crippen molar-refractivity contribution in [1.82, 2.24) is 4.90 Å². The second-order valence-corrected chi connectivity index (χ2v) is 7.86. The van der Waals surface area contributed by atoms with E-state index in [2.05, 4.69) is 19.1 Å². The lowest BCUT2D eigenvalue weighted by atomic mass is 9.87. The zero-order chi connectivity index (χ0) is 18.5. The number of piperidine rings is 1. The van der Waals surface area contributed by atoms with Gasteiger partial charge in [0.2, 0.25) is 11.8 Å². The summed E-state index contributed by atoms with van der Waals surface area (Å²) in [6, 6.07) is 8.14. The second kappa shape index (κ2) is 8.70. The van der Waals surface area contributed by atoms with Gasteiger partial charge in [0.15, 0.2) is 0 Å². The van der Waals surface area contributed by atoms with Crippen LogP contribution in [0.1, 0.15) is 57.4 Å². The summed E-state index contributed by atoms with van der Waals surface area (Å²) < 4.78 is 0. The van der Waals surface area contributed by atoms with E-state index in [4.69, 9.17) is 0 Å². The highest BCUT2D eigenvalue weighted by atomic mass is 16.2. The number of amides is 2. The van der Waals surface area contributed by atoms with Crippen LogP contribution in [0.25, 0.3) is 0 Å². The van der Waals surface area contributed by atoms with E-state index < -0.39 is 0 Å². The third-order valence-electron chi connectivity index (χ3n) is 6.01. The summed E-state index contributed by atoms with van der Waals surface area (Å²) in [7, 11) is 0. The summed E-state index contributed by atoms with van der Waals surface area (Å²) in [6.07, 6.45) is 7.33. The van der Waals surface area contributed by atoms with Gasteiger partial charge in [-0.2, -0.15) is 0 Å². The zero-order valence-corrected chi connectivity index (χ0v) is 16.2. The van der Waals surface area contributed by atoms with Crippen molar-refractivity contribution in [2.75, 3.05) is 24.5 Å². The third-order valence-corrected chi connectivity index (χ3v) is 6.01. The predicted molar refractivity (Wildman–Crippen MR) is 105 cm³/mol. The first-order valence-electron chi connectivity index (χ1n) is 10.3. The molecule has 2 aliphatic rings. The van der Waals surface area contributed by atoms with Crippen molar-refractivity contribution in [1.29, 1.82) is 0 Å². The molecule has 2 fully saturated rings. The van der Waals surface area contributed by atoms with Crippen LogP contribution in [0.15, 0.2) is 24.3 Å². The van der Waals surface area contributed by atoms with Crippen molar-refractivity contribution in [2.24, 2.45) is 11.8 Å². The molecule has 0 N–H and O–H groups in total. The van der Waals surface area contributed by atoms with E-state index >= 15 is 0 Å². The van der Waals surface area contributed by atoms with Crippen molar-refractivity contribution >= 4 is 17.5 Å². The Morgan fingerprint density at radius 2 is 1.73 bits per heavy atom. The van der Waals surface area contributed by atoms with E-state index in [1.165, 1.54) is 24.8 Å². The summed E-state index contributed by atoms with van der Waals surface area (Å²) in [5.74, 6) is 0.811. The maximum Gasteiger partial charge on any atom is 0.230 e. The van der Waals surface area contributed by atoms with Crippen LogP contribution < -0.4 is 4.90 Å². The highest BCUT2D eigenvalue weighted by Crippen LogP contribution is 2.29. The third kappa shape index (κ3) is 4.28. The molecule has 1 saturated carbocycles. The van der Waals surface area contributed by atoms with E-state index in [0.29, 0.717) is 12.5 Å². The maximum atomic E-state index is 13.0. The fraction of sp³-hybridized carbons (Fsp3) is 0.636. The molecule has 0 atom stereocenters. The molecule has 2 amide bonds. The minimum atomic E-state index is 0.0332. The van der Waals surface area contributed by atoms with Gasteiger partial charge in [0.1, 0.15) is 0 Å². The summed E-state index contributed by atoms with van der Waals surface area (Å²) in [5.41, 5.74) is 2.15. The lowest BCUT2D eigenvalue weighted by molar-refractivity contribution is -0.139. The molecule has 4 nitrogen and oxygen atoms in total. The van der Waals surface area contributed by atoms with Crippen LogP contribution in [0.2, 0.25) is 0 Å². The average molecular weight is 357 g/mol. The quantitative estimate of drug-likeness (QED) is 0.812. The van der Waals surface area contributed by atoms with Crippen molar-refractivity contribution in [3.63, 3.8) is 0 Å². The van der Waals surface area contributed by atoms with Gasteiger partial charge in [-0.3, -0.25) is 9.59 Å². The van der Waals surface area contributed by atoms with Gasteiger partial charge >= 0.3 is 0 Å². The summed E-state index contributed by atoms with van der Waals surface area (Å²) in [5, 5.41) is 0. The van der Waals surface area contributed by atoms with Gasteiger partial charge in [0.05, 0.1) is 0 Å². The van der Waals surface area contributed by atoms with E-state index in [-0.39, 0.29) is 17.7 Å². The molecule has 0 unspecified atom stereocenters. The molecule has 0 aromatic heterocycles. The van der Waals surface area contributed by atoms with Gasteiger partial charge in [0.25, 0.3) is 0 Å². The zero-order valence-electron chi connectivity index (χ0n) is 16.2. The number of rotatable bonds is 4. The fourth-order valence-corrected chi connectivity index (χ4v) is 4.44. The van der Waals surface area contributed by atoms with Crippen molar-refractivity contribution < 1.29 is 9.59 Å². The number of hydrogen-bond donors (Lipinski definition) is 0. The summed E-state index contributed by atoms with van der Waals surface area (Å²) >= 11 is 0. The minimum absolute atomic E-state index is 0.0332. The fourth-order valence-electron chi connectivity index (χ4n) is 4.44. The summed E-state index contributed by atoms with van der Waals surface area (Å²) in [6.45, 7) is 6.23. The van der Waals surface area contributed by atoms with Gasteiger partial charge in [-0.1, -0.05) is 31.4 Å². The first kappa shape index (κ1) is 18.9. The van der Waals surface area contributed by atoms with Gasteiger partial charge < -0.3 is 9.80 Å². The van der Waals surface area contributed by atoms with E-state index in [9.17, 15) is 9.59 Å². The normalized spacial score (nSPS) is 19.4. The number of hydrogen-bond acceptors (Lipinski definition) is 2. The molecule has 0 radical (unpaired) electrons. The van der Waals surface area contributed by atoms with Crippen molar-refractivity contribution in [3.05, 3.63) is 29.8 Å². The van der Waals surface area contributed by atoms with Crippen LogP contribution in [-0.4, -0.2) is 36.3 Å². The molecule has 142 valence electrons. The maximum absolute atomic E-state index is 13.0. The molecule has 1 aliphatic carbocycles. The van der Waals surface area contributed by atoms with Gasteiger partial charge in [0, 0.05) is 37.2 Å². The molecule has 1 heterocycles. The lowest BCUT2D eigenvalue weighted by Crippen LogP contribution is -2.46. The van der Waals surface area contributed by atoms with Gasteiger partial charge in [-0.15, -0.1) is 0 Å². The van der Waals surface area contributed by atoms with E-state index in [0.717, 1.165) is 44.5 Å². The van der Waals surface area contributed by atoms with Crippen LogP contribution in [-0.2, 0) is 9.59 Å².